The maximum Gasteiger partial charge on any atom is 0.434 e. The molecule has 0 aliphatic carbocycles. The van der Waals surface area contributed by atoms with Crippen LogP contribution in [0.5, 0.6) is 11.8 Å². The van der Waals surface area contributed by atoms with Gasteiger partial charge in [-0.1, -0.05) is 25.2 Å². The Kier molecular flexibility index (Phi) is 7.13. The number of rotatable bonds is 8. The van der Waals surface area contributed by atoms with Crippen LogP contribution >= 0.6 is 11.3 Å². The number of aromatic nitrogens is 3. The Morgan fingerprint density at radius 3 is 2.32 bits per heavy atom. The molecule has 2 aromatic rings. The molecule has 2 heterocycles. The highest BCUT2D eigenvalue weighted by Crippen LogP contribution is 2.36. The molecule has 2 rings (SSSR count). The van der Waals surface area contributed by atoms with Crippen LogP contribution in [0, 0.1) is 5.92 Å². The Labute approximate surface area is 163 Å². The van der Waals surface area contributed by atoms with E-state index >= 15 is 0 Å². The van der Waals surface area contributed by atoms with Crippen molar-refractivity contribution in [1.29, 1.82) is 0 Å². The zero-order chi connectivity index (χ0) is 20.9. The first-order valence-electron chi connectivity index (χ1n) is 8.19. The van der Waals surface area contributed by atoms with Crippen molar-refractivity contribution in [1.82, 2.24) is 20.3 Å². The number of methoxy groups -OCH3 is 2. The summed E-state index contributed by atoms with van der Waals surface area (Å²) in [6, 6.07) is 0. The second-order valence-electron chi connectivity index (χ2n) is 6.03. The lowest BCUT2D eigenvalue weighted by Crippen LogP contribution is -2.20. The second-order valence-corrected chi connectivity index (χ2v) is 7.12. The predicted octanol–water partition coefficient (Wildman–Crippen LogP) is 2.97. The van der Waals surface area contributed by atoms with Crippen LogP contribution in [0.15, 0.2) is 6.33 Å². The summed E-state index contributed by atoms with van der Waals surface area (Å²) in [5.74, 6) is -0.663. The minimum Gasteiger partial charge on any atom is -0.480 e. The summed E-state index contributed by atoms with van der Waals surface area (Å²) >= 11 is 0.740. The van der Waals surface area contributed by atoms with Gasteiger partial charge in [0.15, 0.2) is 16.4 Å². The molecule has 12 heteroatoms. The molecule has 154 valence electrons. The van der Waals surface area contributed by atoms with Gasteiger partial charge < -0.3 is 14.8 Å². The number of hydrogen-bond donors (Lipinski definition) is 2. The Balaban J connectivity index is 2.29. The maximum absolute atomic E-state index is 13.3. The third-order valence-corrected chi connectivity index (χ3v) is 4.39. The van der Waals surface area contributed by atoms with E-state index < -0.39 is 17.8 Å². The van der Waals surface area contributed by atoms with Crippen molar-refractivity contribution in [2.45, 2.75) is 26.6 Å². The first-order valence-corrected chi connectivity index (χ1v) is 9.00. The smallest absolute Gasteiger partial charge is 0.434 e. The highest BCUT2D eigenvalue weighted by atomic mass is 32.1. The van der Waals surface area contributed by atoms with Crippen LogP contribution in [0.2, 0.25) is 0 Å². The fourth-order valence-corrected chi connectivity index (χ4v) is 3.18. The average molecular weight is 419 g/mol. The molecule has 0 atom stereocenters. The van der Waals surface area contributed by atoms with E-state index in [0.29, 0.717) is 6.54 Å². The highest BCUT2D eigenvalue weighted by molar-refractivity contribution is 7.15. The van der Waals surface area contributed by atoms with Crippen LogP contribution in [0.3, 0.4) is 0 Å². The van der Waals surface area contributed by atoms with Gasteiger partial charge in [0.2, 0.25) is 11.8 Å². The van der Waals surface area contributed by atoms with Crippen LogP contribution < -0.4 is 20.1 Å². The van der Waals surface area contributed by atoms with E-state index in [2.05, 4.69) is 25.6 Å². The number of nitrogens with one attached hydrogen (secondary N) is 2. The van der Waals surface area contributed by atoms with Crippen molar-refractivity contribution in [3.63, 3.8) is 0 Å². The second kappa shape index (κ2) is 9.15. The third kappa shape index (κ3) is 5.29. The van der Waals surface area contributed by atoms with Gasteiger partial charge in [-0.3, -0.25) is 10.1 Å². The lowest BCUT2D eigenvalue weighted by Gasteiger charge is -2.09. The van der Waals surface area contributed by atoms with Gasteiger partial charge in [-0.2, -0.15) is 13.2 Å². The van der Waals surface area contributed by atoms with Crippen molar-refractivity contribution in [3.05, 3.63) is 22.5 Å². The van der Waals surface area contributed by atoms with Gasteiger partial charge in [-0.15, -0.1) is 0 Å². The van der Waals surface area contributed by atoms with Gasteiger partial charge in [0.25, 0.3) is 5.91 Å². The molecule has 28 heavy (non-hydrogen) atoms. The first kappa shape index (κ1) is 21.8. The lowest BCUT2D eigenvalue weighted by molar-refractivity contribution is -0.141. The number of anilines is 1. The van der Waals surface area contributed by atoms with E-state index in [1.54, 1.807) is 0 Å². The Morgan fingerprint density at radius 2 is 1.82 bits per heavy atom. The number of carbonyl (C=O) groups excluding carboxylic acids is 1. The fraction of sp³-hybridized carbons (Fsp3) is 0.500. The van der Waals surface area contributed by atoms with Crippen LogP contribution in [0.25, 0.3) is 0 Å². The van der Waals surface area contributed by atoms with Crippen LogP contribution in [-0.4, -0.2) is 41.6 Å². The number of amides is 1. The van der Waals surface area contributed by atoms with Gasteiger partial charge in [-0.25, -0.2) is 15.0 Å². The molecule has 0 aliphatic heterocycles. The quantitative estimate of drug-likeness (QED) is 0.679. The summed E-state index contributed by atoms with van der Waals surface area (Å²) < 4.78 is 49.9. The fourth-order valence-electron chi connectivity index (χ4n) is 2.24. The minimum absolute atomic E-state index is 0.0123. The van der Waals surface area contributed by atoms with Crippen LogP contribution in [0.4, 0.5) is 18.3 Å². The van der Waals surface area contributed by atoms with E-state index in [4.69, 9.17) is 9.47 Å². The van der Waals surface area contributed by atoms with Crippen molar-refractivity contribution in [3.8, 4) is 11.8 Å². The van der Waals surface area contributed by atoms with Crippen LogP contribution in [-0.2, 0) is 12.7 Å². The molecule has 0 saturated carbocycles. The first-order chi connectivity index (χ1) is 13.2. The largest absolute Gasteiger partial charge is 0.480 e. The zero-order valence-electron chi connectivity index (χ0n) is 15.7. The normalized spacial score (nSPS) is 11.6. The van der Waals surface area contributed by atoms with E-state index in [0.717, 1.165) is 17.7 Å². The standard InChI is InChI=1S/C16H20F3N5O3S/c1-8(2)5-20-6-9-11(16(17,18)19)23-15(28-9)24-12(25)10-13(26-3)21-7-22-14(10)27-4/h7-8,20H,5-6H2,1-4H3,(H,23,24,25). The number of ether oxygens (including phenoxy) is 2. The summed E-state index contributed by atoms with van der Waals surface area (Å²) in [6.45, 7) is 4.42. The molecule has 0 aromatic carbocycles. The van der Waals surface area contributed by atoms with Crippen molar-refractivity contribution >= 4 is 22.4 Å². The maximum atomic E-state index is 13.3. The summed E-state index contributed by atoms with van der Waals surface area (Å²) in [5, 5.41) is 5.08. The number of halogens is 3. The van der Waals surface area contributed by atoms with Gasteiger partial charge >= 0.3 is 6.18 Å². The van der Waals surface area contributed by atoms with Gasteiger partial charge in [-0.05, 0) is 12.5 Å². The molecule has 0 spiro atoms. The molecule has 0 fully saturated rings. The summed E-state index contributed by atoms with van der Waals surface area (Å²) in [6.07, 6.45) is -3.50. The molecule has 2 N–H and O–H groups in total. The zero-order valence-corrected chi connectivity index (χ0v) is 16.5. The van der Waals surface area contributed by atoms with Crippen LogP contribution in [0.1, 0.15) is 34.8 Å². The molecule has 1 amide bonds. The molecule has 0 saturated heterocycles. The number of carbonyl (C=O) groups is 1. The minimum atomic E-state index is -4.64. The molecule has 0 unspecified atom stereocenters. The van der Waals surface area contributed by atoms with E-state index in [1.165, 1.54) is 14.2 Å². The number of thiazole rings is 1. The molecule has 0 radical (unpaired) electrons. The Morgan fingerprint density at radius 1 is 1.21 bits per heavy atom. The number of nitrogens with zero attached hydrogens (tertiary/aromatic N) is 3. The Hall–Kier alpha value is -2.47. The summed E-state index contributed by atoms with van der Waals surface area (Å²) in [5.41, 5.74) is -1.18. The average Bonchev–Trinajstić information content (AvgIpc) is 3.03. The van der Waals surface area contributed by atoms with E-state index in [-0.39, 0.29) is 39.8 Å². The van der Waals surface area contributed by atoms with Gasteiger partial charge in [0.05, 0.1) is 19.1 Å². The molecule has 8 nitrogen and oxygen atoms in total. The van der Waals surface area contributed by atoms with E-state index in [1.807, 2.05) is 13.8 Å². The summed E-state index contributed by atoms with van der Waals surface area (Å²) in [4.78, 5) is 23.7. The summed E-state index contributed by atoms with van der Waals surface area (Å²) in [7, 11) is 2.59. The molecular weight excluding hydrogens is 399 g/mol. The third-order valence-electron chi connectivity index (χ3n) is 3.42. The number of alkyl halides is 3. The predicted molar refractivity (Wildman–Crippen MR) is 96.7 cm³/mol. The monoisotopic (exact) mass is 419 g/mol. The van der Waals surface area contributed by atoms with Crippen molar-refractivity contribution < 1.29 is 27.4 Å². The molecule has 0 bridgehead atoms. The molecule has 0 aliphatic rings. The lowest BCUT2D eigenvalue weighted by atomic mass is 10.2. The molecule has 2 aromatic heterocycles. The van der Waals surface area contributed by atoms with E-state index in [9.17, 15) is 18.0 Å². The molecular formula is C16H20F3N5O3S. The highest BCUT2D eigenvalue weighted by Gasteiger charge is 2.37. The number of hydrogen-bond acceptors (Lipinski definition) is 8. The van der Waals surface area contributed by atoms with Gasteiger partial charge in [0.1, 0.15) is 6.33 Å². The SMILES string of the molecule is COc1ncnc(OC)c1C(=O)Nc1nc(C(F)(F)F)c(CNCC(C)C)s1. The van der Waals surface area contributed by atoms with Crippen molar-refractivity contribution in [2.75, 3.05) is 26.1 Å². The van der Waals surface area contributed by atoms with Gasteiger partial charge in [0, 0.05) is 6.54 Å². The van der Waals surface area contributed by atoms with Crippen molar-refractivity contribution in [2.24, 2.45) is 5.92 Å². The Bertz CT molecular complexity index is 804. The topological polar surface area (TPSA) is 98.3 Å².